The Hall–Kier alpha value is -1.50. The molecule has 1 aromatic carbocycles. The summed E-state index contributed by atoms with van der Waals surface area (Å²) in [5.41, 5.74) is 1.67. The minimum atomic E-state index is -1.66. The van der Waals surface area contributed by atoms with E-state index in [4.69, 9.17) is 34.8 Å². The van der Waals surface area contributed by atoms with Crippen molar-refractivity contribution >= 4 is 57.7 Å². The van der Waals surface area contributed by atoms with Crippen molar-refractivity contribution in [1.29, 1.82) is 0 Å². The number of nitrogens with one attached hydrogen (secondary N) is 1. The number of nitrogens with zero attached hydrogens (tertiary/aromatic N) is 2. The van der Waals surface area contributed by atoms with E-state index in [9.17, 15) is 9.59 Å². The van der Waals surface area contributed by atoms with Gasteiger partial charge < -0.3 is 14.6 Å². The molecule has 23 heavy (non-hydrogen) atoms. The second-order valence-electron chi connectivity index (χ2n) is 4.78. The fourth-order valence-electron chi connectivity index (χ4n) is 2.08. The maximum Gasteiger partial charge on any atom is 0.307 e. The minimum Gasteiger partial charge on any atom is -0.469 e. The van der Waals surface area contributed by atoms with E-state index in [1.165, 1.54) is 7.11 Å². The Balaban J connectivity index is 2.20. The second kappa shape index (κ2) is 6.95. The molecule has 0 saturated carbocycles. The SMILES string of the molecule is COC(=O)CCNC(=O)c1ccc2c(c1)nc(C(Cl)(Cl)Cl)n2C. The summed E-state index contributed by atoms with van der Waals surface area (Å²) in [5.74, 6) is -0.449. The molecule has 0 aliphatic rings. The highest BCUT2D eigenvalue weighted by atomic mass is 35.6. The largest absolute Gasteiger partial charge is 0.469 e. The molecule has 0 fully saturated rings. The van der Waals surface area contributed by atoms with Gasteiger partial charge in [-0.15, -0.1) is 0 Å². The highest BCUT2D eigenvalue weighted by Crippen LogP contribution is 2.38. The number of hydrogen-bond acceptors (Lipinski definition) is 4. The van der Waals surface area contributed by atoms with Gasteiger partial charge in [0.05, 0.1) is 24.6 Å². The third-order valence-corrected chi connectivity index (χ3v) is 3.75. The van der Waals surface area contributed by atoms with Crippen LogP contribution in [-0.4, -0.2) is 35.1 Å². The zero-order chi connectivity index (χ0) is 17.2. The Kier molecular flexibility index (Phi) is 5.39. The van der Waals surface area contributed by atoms with Gasteiger partial charge >= 0.3 is 5.97 Å². The number of alkyl halides is 3. The number of carbonyl (C=O) groups is 2. The molecule has 0 bridgehead atoms. The Labute approximate surface area is 147 Å². The molecule has 1 N–H and O–H groups in total. The molecule has 6 nitrogen and oxygen atoms in total. The van der Waals surface area contributed by atoms with Crippen molar-refractivity contribution in [3.8, 4) is 0 Å². The number of rotatable bonds is 4. The lowest BCUT2D eigenvalue weighted by atomic mass is 10.2. The molecule has 0 aliphatic heterocycles. The molecule has 2 aromatic rings. The lowest BCUT2D eigenvalue weighted by Gasteiger charge is -2.09. The van der Waals surface area contributed by atoms with Crippen LogP contribution in [0.5, 0.6) is 0 Å². The van der Waals surface area contributed by atoms with E-state index >= 15 is 0 Å². The molecule has 0 atom stereocenters. The number of benzene rings is 1. The standard InChI is InChI=1S/C14H14Cl3N3O3/c1-20-10-4-3-8(12(22)18-6-5-11(21)23-2)7-9(10)19-13(20)14(15,16)17/h3-4,7H,5-6H2,1-2H3,(H,18,22). The van der Waals surface area contributed by atoms with Crippen molar-refractivity contribution in [1.82, 2.24) is 14.9 Å². The van der Waals surface area contributed by atoms with Gasteiger partial charge in [0.15, 0.2) is 5.82 Å². The summed E-state index contributed by atoms with van der Waals surface area (Å²) in [7, 11) is 3.02. The number of methoxy groups -OCH3 is 1. The van der Waals surface area contributed by atoms with Crippen molar-refractivity contribution in [3.63, 3.8) is 0 Å². The van der Waals surface area contributed by atoms with E-state index in [0.717, 1.165) is 5.52 Å². The third kappa shape index (κ3) is 4.07. The van der Waals surface area contributed by atoms with Crippen molar-refractivity contribution in [3.05, 3.63) is 29.6 Å². The van der Waals surface area contributed by atoms with Gasteiger partial charge in [-0.1, -0.05) is 34.8 Å². The average molecular weight is 379 g/mol. The zero-order valence-corrected chi connectivity index (χ0v) is 14.7. The second-order valence-corrected chi connectivity index (χ2v) is 7.06. The molecule has 0 aliphatic carbocycles. The van der Waals surface area contributed by atoms with Crippen LogP contribution in [0.1, 0.15) is 22.6 Å². The molecule has 9 heteroatoms. The van der Waals surface area contributed by atoms with Gasteiger partial charge in [0.1, 0.15) is 0 Å². The van der Waals surface area contributed by atoms with E-state index in [2.05, 4.69) is 15.0 Å². The van der Waals surface area contributed by atoms with Crippen LogP contribution in [0, 0.1) is 0 Å². The predicted molar refractivity (Wildman–Crippen MR) is 88.9 cm³/mol. The van der Waals surface area contributed by atoms with Crippen molar-refractivity contribution in [2.75, 3.05) is 13.7 Å². The van der Waals surface area contributed by atoms with E-state index in [-0.39, 0.29) is 24.7 Å². The van der Waals surface area contributed by atoms with Crippen molar-refractivity contribution in [2.45, 2.75) is 10.2 Å². The lowest BCUT2D eigenvalue weighted by molar-refractivity contribution is -0.140. The van der Waals surface area contributed by atoms with Crippen LogP contribution in [0.25, 0.3) is 11.0 Å². The molecule has 124 valence electrons. The van der Waals surface area contributed by atoms with Crippen LogP contribution >= 0.6 is 34.8 Å². The molecule has 1 aromatic heterocycles. The first-order valence-electron chi connectivity index (χ1n) is 6.62. The van der Waals surface area contributed by atoms with Gasteiger partial charge in [-0.25, -0.2) is 4.98 Å². The Bertz CT molecular complexity index is 753. The molecule has 0 saturated heterocycles. The van der Waals surface area contributed by atoms with Gasteiger partial charge in [0, 0.05) is 19.2 Å². The minimum absolute atomic E-state index is 0.103. The number of imidazole rings is 1. The summed E-state index contributed by atoms with van der Waals surface area (Å²) in [6.07, 6.45) is 0.103. The number of hydrogen-bond donors (Lipinski definition) is 1. The van der Waals surface area contributed by atoms with Crippen LogP contribution in [0.15, 0.2) is 18.2 Å². The maximum atomic E-state index is 12.1. The number of esters is 1. The summed E-state index contributed by atoms with van der Waals surface area (Å²) in [5, 5.41) is 2.63. The van der Waals surface area contributed by atoms with E-state index in [0.29, 0.717) is 11.1 Å². The van der Waals surface area contributed by atoms with E-state index < -0.39 is 9.76 Å². The summed E-state index contributed by atoms with van der Waals surface area (Å²) < 4.78 is 4.50. The number of amides is 1. The fourth-order valence-corrected chi connectivity index (χ4v) is 2.58. The molecule has 1 amide bonds. The van der Waals surface area contributed by atoms with Gasteiger partial charge in [0.25, 0.3) is 5.91 Å². The molecular formula is C14H14Cl3N3O3. The van der Waals surface area contributed by atoms with Crippen LogP contribution < -0.4 is 5.32 Å². The molecule has 0 spiro atoms. The first-order valence-corrected chi connectivity index (χ1v) is 7.76. The summed E-state index contributed by atoms with van der Waals surface area (Å²) >= 11 is 17.6. The van der Waals surface area contributed by atoms with Crippen LogP contribution in [0.4, 0.5) is 0 Å². The van der Waals surface area contributed by atoms with E-state index in [1.807, 2.05) is 0 Å². The van der Waals surface area contributed by atoms with Gasteiger partial charge in [-0.05, 0) is 18.2 Å². The number of aromatic nitrogens is 2. The molecule has 1 heterocycles. The van der Waals surface area contributed by atoms with Gasteiger partial charge in [-0.2, -0.15) is 0 Å². The normalized spacial score (nSPS) is 11.5. The first-order chi connectivity index (χ1) is 10.7. The molecule has 2 rings (SSSR count). The summed E-state index contributed by atoms with van der Waals surface area (Å²) in [6.45, 7) is 0.186. The monoisotopic (exact) mass is 377 g/mol. The Morgan fingerprint density at radius 1 is 1.35 bits per heavy atom. The Morgan fingerprint density at radius 3 is 2.65 bits per heavy atom. The van der Waals surface area contributed by atoms with Crippen LogP contribution in [0.3, 0.4) is 0 Å². The van der Waals surface area contributed by atoms with Gasteiger partial charge in [-0.3, -0.25) is 9.59 Å². The highest BCUT2D eigenvalue weighted by molar-refractivity contribution is 6.66. The highest BCUT2D eigenvalue weighted by Gasteiger charge is 2.29. The smallest absolute Gasteiger partial charge is 0.307 e. The van der Waals surface area contributed by atoms with Crippen LogP contribution in [0.2, 0.25) is 0 Å². The van der Waals surface area contributed by atoms with Crippen LogP contribution in [-0.2, 0) is 20.4 Å². The summed E-state index contributed by atoms with van der Waals surface area (Å²) in [6, 6.07) is 4.96. The molecule has 0 radical (unpaired) electrons. The first kappa shape index (κ1) is 17.8. The lowest BCUT2D eigenvalue weighted by Crippen LogP contribution is -2.26. The average Bonchev–Trinajstić information content (AvgIpc) is 2.83. The third-order valence-electron chi connectivity index (χ3n) is 3.24. The molecule has 0 unspecified atom stereocenters. The number of aryl methyl sites for hydroxylation is 1. The van der Waals surface area contributed by atoms with Crippen molar-refractivity contribution < 1.29 is 14.3 Å². The number of fused-ring (bicyclic) bond motifs is 1. The summed E-state index contributed by atoms with van der Waals surface area (Å²) in [4.78, 5) is 27.3. The molecular weight excluding hydrogens is 365 g/mol. The number of halogens is 3. The maximum absolute atomic E-state index is 12.1. The number of ether oxygens (including phenoxy) is 1. The topological polar surface area (TPSA) is 73.2 Å². The quantitative estimate of drug-likeness (QED) is 0.656. The predicted octanol–water partition coefficient (Wildman–Crippen LogP) is 2.69. The fraction of sp³-hybridized carbons (Fsp3) is 0.357. The van der Waals surface area contributed by atoms with E-state index in [1.54, 1.807) is 29.8 Å². The Morgan fingerprint density at radius 2 is 2.04 bits per heavy atom. The zero-order valence-electron chi connectivity index (χ0n) is 12.4. The number of carbonyl (C=O) groups excluding carboxylic acids is 2. The van der Waals surface area contributed by atoms with Crippen molar-refractivity contribution in [2.24, 2.45) is 7.05 Å². The van der Waals surface area contributed by atoms with Gasteiger partial charge in [0.2, 0.25) is 3.79 Å².